The van der Waals surface area contributed by atoms with Gasteiger partial charge in [0.05, 0.1) is 43.8 Å². The molecule has 8 rings (SSSR count). The highest BCUT2D eigenvalue weighted by atomic mass is 19.1. The molecule has 0 radical (unpaired) electrons. The molecule has 3 saturated heterocycles. The minimum Gasteiger partial charge on any atom is -0.497 e. The molecular formula is C45H57FN10O5. The number of likely N-dealkylation sites (tertiary alicyclic amines) is 1. The van der Waals surface area contributed by atoms with E-state index >= 15 is 4.39 Å². The highest BCUT2D eigenvalue weighted by Gasteiger charge is 2.35. The number of urea groups is 1. The van der Waals surface area contributed by atoms with E-state index in [1.807, 2.05) is 64.2 Å². The van der Waals surface area contributed by atoms with E-state index in [0.29, 0.717) is 56.6 Å². The van der Waals surface area contributed by atoms with Crippen LogP contribution in [0.5, 0.6) is 5.75 Å². The smallest absolute Gasteiger partial charge is 0.410 e. The summed E-state index contributed by atoms with van der Waals surface area (Å²) in [6.45, 7) is 12.9. The zero-order valence-electron chi connectivity index (χ0n) is 35.8. The van der Waals surface area contributed by atoms with Gasteiger partial charge in [0.2, 0.25) is 11.9 Å². The highest BCUT2D eigenvalue weighted by Crippen LogP contribution is 2.33. The van der Waals surface area contributed by atoms with Crippen molar-refractivity contribution in [2.75, 3.05) is 68.0 Å². The predicted octanol–water partition coefficient (Wildman–Crippen LogP) is 6.89. The largest absolute Gasteiger partial charge is 0.497 e. The van der Waals surface area contributed by atoms with Crippen LogP contribution in [-0.2, 0) is 29.0 Å². The number of ether oxygens (including phenoxy) is 2. The Morgan fingerprint density at radius 3 is 2.48 bits per heavy atom. The number of nitrogens with zero attached hydrogens (tertiary/aromatic N) is 9. The van der Waals surface area contributed by atoms with Crippen LogP contribution in [0.4, 0.5) is 37.0 Å². The Labute approximate surface area is 356 Å². The van der Waals surface area contributed by atoms with Gasteiger partial charge in [0.15, 0.2) is 0 Å². The number of piperidine rings is 2. The quantitative estimate of drug-likeness (QED) is 0.179. The molecule has 0 saturated carbocycles. The Hall–Kier alpha value is -5.77. The Kier molecular flexibility index (Phi) is 12.2. The molecule has 4 aliphatic heterocycles. The van der Waals surface area contributed by atoms with Crippen LogP contribution in [0, 0.1) is 12.8 Å². The Bertz CT molecular complexity index is 2220. The van der Waals surface area contributed by atoms with Gasteiger partial charge in [0.25, 0.3) is 0 Å². The molecule has 4 aliphatic rings. The molecule has 15 nitrogen and oxygen atoms in total. The fourth-order valence-electron chi connectivity index (χ4n) is 8.84. The second-order valence-electron chi connectivity index (χ2n) is 17.7. The summed E-state index contributed by atoms with van der Waals surface area (Å²) in [7, 11) is 1.60. The van der Waals surface area contributed by atoms with E-state index in [-0.39, 0.29) is 37.0 Å². The van der Waals surface area contributed by atoms with Crippen molar-refractivity contribution in [1.29, 1.82) is 0 Å². The summed E-state index contributed by atoms with van der Waals surface area (Å²) in [6.07, 6.45) is 7.49. The van der Waals surface area contributed by atoms with Crippen molar-refractivity contribution in [3.05, 3.63) is 83.4 Å². The number of aromatic nitrogens is 4. The third kappa shape index (κ3) is 9.74. The van der Waals surface area contributed by atoms with Gasteiger partial charge in [-0.1, -0.05) is 12.1 Å². The summed E-state index contributed by atoms with van der Waals surface area (Å²) in [5.74, 6) is 1.43. The van der Waals surface area contributed by atoms with Crippen molar-refractivity contribution in [2.45, 2.75) is 90.7 Å². The molecule has 0 bridgehead atoms. The number of hydrogen-bond donors (Lipinski definition) is 1. The lowest BCUT2D eigenvalue weighted by Gasteiger charge is -2.39. The van der Waals surface area contributed by atoms with Crippen LogP contribution in [0.2, 0.25) is 0 Å². The van der Waals surface area contributed by atoms with E-state index in [1.54, 1.807) is 34.0 Å². The number of imide groups is 1. The number of alkyl halides is 1. The van der Waals surface area contributed by atoms with Crippen molar-refractivity contribution in [3.8, 4) is 5.75 Å². The van der Waals surface area contributed by atoms with Crippen molar-refractivity contribution in [3.63, 3.8) is 0 Å². The van der Waals surface area contributed by atoms with Crippen LogP contribution < -0.4 is 19.9 Å². The van der Waals surface area contributed by atoms with Gasteiger partial charge in [0, 0.05) is 76.0 Å². The van der Waals surface area contributed by atoms with E-state index in [0.717, 1.165) is 78.5 Å². The number of anilines is 4. The second-order valence-corrected chi connectivity index (χ2v) is 17.7. The van der Waals surface area contributed by atoms with Gasteiger partial charge in [-0.25, -0.2) is 23.9 Å². The first-order chi connectivity index (χ1) is 29.3. The number of amides is 4. The van der Waals surface area contributed by atoms with Crippen molar-refractivity contribution in [1.82, 2.24) is 34.4 Å². The van der Waals surface area contributed by atoms with Gasteiger partial charge in [-0.15, -0.1) is 0 Å². The fourth-order valence-corrected chi connectivity index (χ4v) is 8.84. The molecular weight excluding hydrogens is 780 g/mol. The number of nitrogens with one attached hydrogen (secondary N) is 1. The molecule has 324 valence electrons. The van der Waals surface area contributed by atoms with E-state index in [2.05, 4.69) is 42.3 Å². The number of hydrogen-bond acceptors (Lipinski definition) is 11. The molecule has 16 heteroatoms. The molecule has 3 fully saturated rings. The maximum Gasteiger partial charge on any atom is 0.410 e. The van der Waals surface area contributed by atoms with Gasteiger partial charge in [-0.05, 0) is 106 Å². The lowest BCUT2D eigenvalue weighted by Crippen LogP contribution is -2.52. The molecule has 0 aliphatic carbocycles. The van der Waals surface area contributed by atoms with E-state index in [9.17, 15) is 14.4 Å². The zero-order chi connectivity index (χ0) is 42.8. The number of halogens is 1. The van der Waals surface area contributed by atoms with E-state index in [4.69, 9.17) is 9.47 Å². The lowest BCUT2D eigenvalue weighted by molar-refractivity contribution is -0.129. The van der Waals surface area contributed by atoms with Crippen LogP contribution in [0.1, 0.15) is 74.9 Å². The van der Waals surface area contributed by atoms with Crippen molar-refractivity contribution >= 4 is 41.0 Å². The van der Waals surface area contributed by atoms with Gasteiger partial charge < -0.3 is 29.5 Å². The fraction of sp³-hybridized carbons (Fsp3) is 0.511. The minimum atomic E-state index is -1.05. The van der Waals surface area contributed by atoms with Gasteiger partial charge in [0.1, 0.15) is 17.5 Å². The molecule has 4 amide bonds. The standard InChI is InChI=1S/C45H57FN10O5/c1-30-22-35(8-11-39(30)54-21-16-41(57)55(43(54)58)26-31-6-9-36(60-5)10-7-31)52-18-12-32(13-19-52)25-51-17-15-40(37(46)28-51)56-27-34(24-48-56)49-42-47-23-33-14-20-53(29-38(33)50-42)44(59)61-45(2,3)4/h6-11,22-24,27,32,37,40H,12-21,25-26,28-29H2,1-5H3,(H,47,49,50)/t37-,40+/m0/s1. The topological polar surface area (TPSA) is 142 Å². The molecule has 2 aromatic heterocycles. The summed E-state index contributed by atoms with van der Waals surface area (Å²) in [5.41, 5.74) is 5.67. The Morgan fingerprint density at radius 1 is 0.967 bits per heavy atom. The summed E-state index contributed by atoms with van der Waals surface area (Å²) < 4.78 is 28.3. The van der Waals surface area contributed by atoms with Crippen LogP contribution >= 0.6 is 0 Å². The number of benzene rings is 2. The summed E-state index contributed by atoms with van der Waals surface area (Å²) in [4.78, 5) is 57.6. The minimum absolute atomic E-state index is 0.170. The van der Waals surface area contributed by atoms with E-state index in [1.165, 1.54) is 4.90 Å². The third-order valence-electron chi connectivity index (χ3n) is 12.2. The number of rotatable bonds is 10. The zero-order valence-corrected chi connectivity index (χ0v) is 35.8. The molecule has 0 unspecified atom stereocenters. The van der Waals surface area contributed by atoms with Crippen LogP contribution in [0.15, 0.2) is 61.1 Å². The van der Waals surface area contributed by atoms with Crippen molar-refractivity contribution in [2.24, 2.45) is 5.92 Å². The average Bonchev–Trinajstić information content (AvgIpc) is 3.70. The maximum atomic E-state index is 15.8. The monoisotopic (exact) mass is 836 g/mol. The summed E-state index contributed by atoms with van der Waals surface area (Å²) >= 11 is 0. The normalized spacial score (nSPS) is 20.5. The maximum absolute atomic E-state index is 15.8. The van der Waals surface area contributed by atoms with Gasteiger partial charge in [-0.2, -0.15) is 5.10 Å². The predicted molar refractivity (Wildman–Crippen MR) is 230 cm³/mol. The second kappa shape index (κ2) is 17.7. The SMILES string of the molecule is COc1ccc(CN2C(=O)CCN(c3ccc(N4CCC(CN5CC[C@@H](n6cc(Nc7ncc8c(n7)CN(C(=O)OC(C)(C)C)CC8)cn6)[C@@H](F)C5)CC4)cc3C)C2=O)cc1. The lowest BCUT2D eigenvalue weighted by atomic mass is 9.94. The van der Waals surface area contributed by atoms with Crippen LogP contribution in [-0.4, -0.2) is 117 Å². The first-order valence-corrected chi connectivity index (χ1v) is 21.4. The number of fused-ring (bicyclic) bond motifs is 1. The summed E-state index contributed by atoms with van der Waals surface area (Å²) in [6, 6.07) is 13.0. The third-order valence-corrected chi connectivity index (χ3v) is 12.2. The first kappa shape index (κ1) is 41.9. The molecule has 2 aromatic carbocycles. The number of methoxy groups -OCH3 is 1. The van der Waals surface area contributed by atoms with Crippen molar-refractivity contribution < 1.29 is 28.2 Å². The molecule has 2 atom stereocenters. The first-order valence-electron chi connectivity index (χ1n) is 21.4. The van der Waals surface area contributed by atoms with Gasteiger partial charge in [-0.3, -0.25) is 19.3 Å². The molecule has 0 spiro atoms. The highest BCUT2D eigenvalue weighted by molar-refractivity contribution is 6.06. The Balaban J connectivity index is 0.798. The van der Waals surface area contributed by atoms with E-state index < -0.39 is 11.8 Å². The average molecular weight is 837 g/mol. The number of carbonyl (C=O) groups is 3. The molecule has 6 heterocycles. The number of aryl methyl sites for hydroxylation is 1. The molecule has 1 N–H and O–H groups in total. The molecule has 4 aromatic rings. The Morgan fingerprint density at radius 2 is 1.75 bits per heavy atom. The summed E-state index contributed by atoms with van der Waals surface area (Å²) in [5, 5.41) is 7.73. The number of carbonyl (C=O) groups excluding carboxylic acids is 3. The van der Waals surface area contributed by atoms with Gasteiger partial charge >= 0.3 is 12.1 Å². The van der Waals surface area contributed by atoms with Crippen LogP contribution in [0.3, 0.4) is 0 Å². The molecule has 61 heavy (non-hydrogen) atoms. The van der Waals surface area contributed by atoms with Crippen LogP contribution in [0.25, 0.3) is 0 Å².